The first kappa shape index (κ1) is 16.7. The van der Waals surface area contributed by atoms with Crippen LogP contribution in [0.3, 0.4) is 0 Å². The number of nitrogens with zero attached hydrogens (tertiary/aromatic N) is 1. The fraction of sp³-hybridized carbons (Fsp3) is 0.692. The lowest BCUT2D eigenvalue weighted by Crippen LogP contribution is -2.35. The van der Waals surface area contributed by atoms with E-state index in [2.05, 4.69) is 17.2 Å². The number of unbranched alkanes of at least 4 members (excludes halogenated alkanes) is 1. The summed E-state index contributed by atoms with van der Waals surface area (Å²) in [5.41, 5.74) is 5.38. The standard InChI is InChI=1S/C13H24N4O2S/c1-4-6-7-17-11(14)10(12(18)16-13(17)19)15-9(3)8-20-5-2/h9,15H,4-8,14H2,1-3H3,(H,16,18,19). The molecule has 0 saturated heterocycles. The molecule has 0 aromatic carbocycles. The van der Waals surface area contributed by atoms with Gasteiger partial charge in [-0.05, 0) is 19.1 Å². The van der Waals surface area contributed by atoms with E-state index in [9.17, 15) is 9.59 Å². The van der Waals surface area contributed by atoms with Gasteiger partial charge in [-0.15, -0.1) is 0 Å². The fourth-order valence-electron chi connectivity index (χ4n) is 1.85. The van der Waals surface area contributed by atoms with Crippen LogP contribution < -0.4 is 22.3 Å². The van der Waals surface area contributed by atoms with Crippen LogP contribution in [0.15, 0.2) is 9.59 Å². The quantitative estimate of drug-likeness (QED) is 0.676. The zero-order valence-electron chi connectivity index (χ0n) is 12.4. The largest absolute Gasteiger partial charge is 0.383 e. The van der Waals surface area contributed by atoms with Gasteiger partial charge in [-0.1, -0.05) is 20.3 Å². The van der Waals surface area contributed by atoms with Crippen LogP contribution >= 0.6 is 11.8 Å². The number of H-pyrrole nitrogens is 1. The molecule has 0 aliphatic carbocycles. The summed E-state index contributed by atoms with van der Waals surface area (Å²) in [6.45, 7) is 6.63. The Kier molecular flexibility index (Phi) is 6.70. The summed E-state index contributed by atoms with van der Waals surface area (Å²) in [5.74, 6) is 2.12. The smallest absolute Gasteiger partial charge is 0.330 e. The maximum atomic E-state index is 11.9. The van der Waals surface area contributed by atoms with Gasteiger partial charge in [0.05, 0.1) is 0 Å². The van der Waals surface area contributed by atoms with Crippen molar-refractivity contribution in [2.24, 2.45) is 0 Å². The number of nitrogens with one attached hydrogen (secondary N) is 2. The topological polar surface area (TPSA) is 92.9 Å². The minimum atomic E-state index is -0.450. The highest BCUT2D eigenvalue weighted by molar-refractivity contribution is 7.99. The van der Waals surface area contributed by atoms with Crippen LogP contribution in [0.25, 0.3) is 0 Å². The van der Waals surface area contributed by atoms with Gasteiger partial charge in [0, 0.05) is 18.3 Å². The van der Waals surface area contributed by atoms with E-state index in [-0.39, 0.29) is 11.9 Å². The monoisotopic (exact) mass is 300 g/mol. The first-order valence-electron chi connectivity index (χ1n) is 6.98. The first-order valence-corrected chi connectivity index (χ1v) is 8.13. The summed E-state index contributed by atoms with van der Waals surface area (Å²) in [6, 6.07) is 0.112. The molecule has 1 rings (SSSR count). The van der Waals surface area contributed by atoms with Crippen LogP contribution in [0, 0.1) is 0 Å². The second-order valence-corrected chi connectivity index (χ2v) is 6.05. The minimum absolute atomic E-state index is 0.112. The summed E-state index contributed by atoms with van der Waals surface area (Å²) < 4.78 is 1.42. The third kappa shape index (κ3) is 4.33. The van der Waals surface area contributed by atoms with Crippen LogP contribution in [-0.4, -0.2) is 27.1 Å². The van der Waals surface area contributed by atoms with Crippen molar-refractivity contribution in [2.75, 3.05) is 22.6 Å². The number of rotatable bonds is 8. The molecule has 0 aliphatic heterocycles. The number of anilines is 2. The normalized spacial score (nSPS) is 12.3. The van der Waals surface area contributed by atoms with Crippen molar-refractivity contribution in [1.82, 2.24) is 9.55 Å². The molecular formula is C13H24N4O2S. The maximum absolute atomic E-state index is 11.9. The highest BCUT2D eigenvalue weighted by atomic mass is 32.2. The molecule has 1 aromatic rings. The number of aromatic nitrogens is 2. The Morgan fingerprint density at radius 1 is 1.40 bits per heavy atom. The molecule has 0 saturated carbocycles. The van der Waals surface area contributed by atoms with E-state index >= 15 is 0 Å². The second-order valence-electron chi connectivity index (χ2n) is 4.73. The summed E-state index contributed by atoms with van der Waals surface area (Å²) in [7, 11) is 0. The molecule has 1 atom stereocenters. The average molecular weight is 300 g/mol. The summed E-state index contributed by atoms with van der Waals surface area (Å²) in [4.78, 5) is 26.0. The van der Waals surface area contributed by atoms with Crippen LogP contribution in [0.4, 0.5) is 11.5 Å². The Hall–Kier alpha value is -1.37. The predicted octanol–water partition coefficient (Wildman–Crippen LogP) is 1.47. The van der Waals surface area contributed by atoms with Crippen molar-refractivity contribution in [3.05, 3.63) is 20.8 Å². The van der Waals surface area contributed by atoms with Crippen LogP contribution in [0.2, 0.25) is 0 Å². The van der Waals surface area contributed by atoms with Gasteiger partial charge < -0.3 is 11.1 Å². The van der Waals surface area contributed by atoms with Crippen LogP contribution in [0.5, 0.6) is 0 Å². The van der Waals surface area contributed by atoms with Crippen molar-refractivity contribution >= 4 is 23.3 Å². The minimum Gasteiger partial charge on any atom is -0.383 e. The number of nitrogen functional groups attached to an aromatic ring is 1. The highest BCUT2D eigenvalue weighted by Gasteiger charge is 2.13. The zero-order valence-corrected chi connectivity index (χ0v) is 13.2. The van der Waals surface area contributed by atoms with Gasteiger partial charge in [0.2, 0.25) is 0 Å². The van der Waals surface area contributed by atoms with Gasteiger partial charge in [0.25, 0.3) is 5.56 Å². The van der Waals surface area contributed by atoms with Crippen molar-refractivity contribution in [3.8, 4) is 0 Å². The Morgan fingerprint density at radius 3 is 2.70 bits per heavy atom. The fourth-order valence-corrected chi connectivity index (χ4v) is 2.52. The Morgan fingerprint density at radius 2 is 2.10 bits per heavy atom. The lowest BCUT2D eigenvalue weighted by Gasteiger charge is -2.17. The maximum Gasteiger partial charge on any atom is 0.330 e. The van der Waals surface area contributed by atoms with Crippen molar-refractivity contribution in [1.29, 1.82) is 0 Å². The Bertz CT molecular complexity index is 538. The molecule has 0 amide bonds. The second kappa shape index (κ2) is 8.04. The number of aromatic amines is 1. The number of hydrogen-bond donors (Lipinski definition) is 3. The molecular weight excluding hydrogens is 276 g/mol. The third-order valence-electron chi connectivity index (χ3n) is 2.94. The van der Waals surface area contributed by atoms with Crippen LogP contribution in [0.1, 0.15) is 33.6 Å². The van der Waals surface area contributed by atoms with Crippen molar-refractivity contribution in [2.45, 2.75) is 46.2 Å². The lowest BCUT2D eigenvalue weighted by molar-refractivity contribution is 0.605. The Labute approximate surface area is 123 Å². The van der Waals surface area contributed by atoms with Crippen molar-refractivity contribution in [3.63, 3.8) is 0 Å². The lowest BCUT2D eigenvalue weighted by atomic mass is 10.3. The zero-order chi connectivity index (χ0) is 15.1. The van der Waals surface area contributed by atoms with E-state index in [0.717, 1.165) is 24.3 Å². The Balaban J connectivity index is 3.01. The highest BCUT2D eigenvalue weighted by Crippen LogP contribution is 2.14. The van der Waals surface area contributed by atoms with E-state index in [4.69, 9.17) is 5.73 Å². The molecule has 7 heteroatoms. The SMILES string of the molecule is CCCCn1c(N)c(NC(C)CSCC)c(=O)[nH]c1=O. The third-order valence-corrected chi connectivity index (χ3v) is 4.08. The first-order chi connectivity index (χ1) is 9.51. The number of thioether (sulfide) groups is 1. The van der Waals surface area contributed by atoms with E-state index in [0.29, 0.717) is 12.2 Å². The average Bonchev–Trinajstić information content (AvgIpc) is 2.41. The molecule has 1 aromatic heterocycles. The molecule has 0 bridgehead atoms. The molecule has 1 unspecified atom stereocenters. The molecule has 0 fully saturated rings. The van der Waals surface area contributed by atoms with E-state index < -0.39 is 11.2 Å². The molecule has 0 aliphatic rings. The summed E-state index contributed by atoms with van der Waals surface area (Å²) in [5, 5.41) is 3.11. The van der Waals surface area contributed by atoms with Gasteiger partial charge in [-0.3, -0.25) is 14.3 Å². The molecule has 4 N–H and O–H groups in total. The van der Waals surface area contributed by atoms with Gasteiger partial charge in [-0.25, -0.2) is 4.79 Å². The molecule has 20 heavy (non-hydrogen) atoms. The summed E-state index contributed by atoms with van der Waals surface area (Å²) >= 11 is 1.78. The van der Waals surface area contributed by atoms with E-state index in [1.807, 2.05) is 13.8 Å². The molecule has 0 spiro atoms. The van der Waals surface area contributed by atoms with Gasteiger partial charge in [0.15, 0.2) is 0 Å². The van der Waals surface area contributed by atoms with E-state index in [1.165, 1.54) is 4.57 Å². The van der Waals surface area contributed by atoms with Gasteiger partial charge in [-0.2, -0.15) is 11.8 Å². The van der Waals surface area contributed by atoms with E-state index in [1.54, 1.807) is 11.8 Å². The molecule has 6 nitrogen and oxygen atoms in total. The van der Waals surface area contributed by atoms with Crippen LogP contribution in [-0.2, 0) is 6.54 Å². The number of hydrogen-bond acceptors (Lipinski definition) is 5. The molecule has 0 radical (unpaired) electrons. The predicted molar refractivity (Wildman–Crippen MR) is 86.7 cm³/mol. The van der Waals surface area contributed by atoms with Gasteiger partial charge >= 0.3 is 5.69 Å². The van der Waals surface area contributed by atoms with Gasteiger partial charge in [0.1, 0.15) is 11.5 Å². The molecule has 114 valence electrons. The summed E-state index contributed by atoms with van der Waals surface area (Å²) in [6.07, 6.45) is 1.80. The molecule has 1 heterocycles. The number of nitrogens with two attached hydrogens (primary N) is 1. The van der Waals surface area contributed by atoms with Crippen molar-refractivity contribution < 1.29 is 0 Å².